The third kappa shape index (κ3) is 5.86. The van der Waals surface area contributed by atoms with Gasteiger partial charge in [-0.2, -0.15) is 0 Å². The molecule has 4 heterocycles. The van der Waals surface area contributed by atoms with Gasteiger partial charge in [-0.1, -0.05) is 72.8 Å². The number of hydrogen-bond donors (Lipinski definition) is 0. The van der Waals surface area contributed by atoms with Gasteiger partial charge in [0.25, 0.3) is 0 Å². The van der Waals surface area contributed by atoms with Gasteiger partial charge < -0.3 is 19.6 Å². The summed E-state index contributed by atoms with van der Waals surface area (Å²) < 4.78 is 0. The maximum absolute atomic E-state index is 13.3. The molecule has 8 heteroatoms. The van der Waals surface area contributed by atoms with E-state index in [0.29, 0.717) is 51.9 Å². The Balaban J connectivity index is 1.38. The highest BCUT2D eigenvalue weighted by Crippen LogP contribution is 2.50. The largest absolute Gasteiger partial charge is 0.312 e. The van der Waals surface area contributed by atoms with Crippen molar-refractivity contribution in [2.45, 2.75) is 51.4 Å². The zero-order valence-electron chi connectivity index (χ0n) is 30.3. The number of carbonyl (C=O) groups is 4. The molecule has 270 valence electrons. The average Bonchev–Trinajstić information content (AvgIpc) is 4.03. The number of nitrogens with zero attached hydrogens (tertiary/aromatic N) is 4. The van der Waals surface area contributed by atoms with E-state index in [0.717, 1.165) is 92.9 Å². The van der Waals surface area contributed by atoms with Crippen LogP contribution in [0.5, 0.6) is 0 Å². The van der Waals surface area contributed by atoms with Crippen LogP contribution in [-0.2, 0) is 19.2 Å². The summed E-state index contributed by atoms with van der Waals surface area (Å²) in [6.45, 7) is 2.58. The number of benzene rings is 5. The summed E-state index contributed by atoms with van der Waals surface area (Å²) in [5.41, 5.74) is 10.7. The van der Waals surface area contributed by atoms with Gasteiger partial charge in [0.15, 0.2) is 0 Å². The van der Waals surface area contributed by atoms with Crippen LogP contribution in [0.4, 0.5) is 22.7 Å². The van der Waals surface area contributed by atoms with Gasteiger partial charge >= 0.3 is 0 Å². The first-order valence-electron chi connectivity index (χ1n) is 19.2. The van der Waals surface area contributed by atoms with Crippen molar-refractivity contribution in [1.29, 1.82) is 0 Å². The van der Waals surface area contributed by atoms with Crippen molar-refractivity contribution in [2.75, 3.05) is 45.8 Å². The molecular formula is C46H42N4O4. The summed E-state index contributed by atoms with van der Waals surface area (Å²) in [6.07, 6.45) is 5.23. The Morgan fingerprint density at radius 2 is 0.519 bits per heavy atom. The van der Waals surface area contributed by atoms with E-state index >= 15 is 0 Å². The Morgan fingerprint density at radius 3 is 0.722 bits per heavy atom. The summed E-state index contributed by atoms with van der Waals surface area (Å²) in [5, 5.41) is 0. The fraction of sp³-hybridized carbons (Fsp3) is 0.261. The van der Waals surface area contributed by atoms with Crippen molar-refractivity contribution in [2.24, 2.45) is 0 Å². The van der Waals surface area contributed by atoms with Gasteiger partial charge in [0.05, 0.1) is 22.7 Å². The maximum atomic E-state index is 13.3. The molecule has 0 N–H and O–H groups in total. The molecule has 9 rings (SSSR count). The van der Waals surface area contributed by atoms with Crippen LogP contribution in [0.3, 0.4) is 0 Å². The molecule has 0 unspecified atom stereocenters. The zero-order chi connectivity index (χ0) is 36.8. The monoisotopic (exact) mass is 714 g/mol. The lowest BCUT2D eigenvalue weighted by molar-refractivity contribution is -0.117. The van der Waals surface area contributed by atoms with Gasteiger partial charge in [0.1, 0.15) is 0 Å². The number of anilines is 4. The molecule has 4 amide bonds. The number of rotatable bonds is 8. The fourth-order valence-corrected chi connectivity index (χ4v) is 8.85. The standard InChI is InChI=1S/C46H42N4O4/c51-43-21-9-25-47(43)39-17-5-1-13-31(39)35-29-37(33-15-3-7-19-41(33)49-27-11-23-45(49)53)38(34-16-4-8-20-42(34)50-28-12-24-46(50)54)30-36(35)32-14-2-6-18-40(32)48-26-10-22-44(48)52/h1-8,13-20,29-30H,9-12,21-28H2. The Labute approximate surface area is 315 Å². The molecule has 0 aliphatic carbocycles. The van der Waals surface area contributed by atoms with Crippen LogP contribution in [0, 0.1) is 0 Å². The van der Waals surface area contributed by atoms with Crippen LogP contribution in [0.1, 0.15) is 51.4 Å². The highest BCUT2D eigenvalue weighted by atomic mass is 16.2. The Hall–Kier alpha value is -6.02. The Bertz CT molecular complexity index is 2010. The molecule has 0 aromatic heterocycles. The number of para-hydroxylation sites is 4. The lowest BCUT2D eigenvalue weighted by Crippen LogP contribution is -2.25. The average molecular weight is 715 g/mol. The van der Waals surface area contributed by atoms with Crippen molar-refractivity contribution in [1.82, 2.24) is 0 Å². The molecule has 4 aliphatic rings. The van der Waals surface area contributed by atoms with E-state index in [1.54, 1.807) is 0 Å². The molecule has 0 atom stereocenters. The summed E-state index contributed by atoms with van der Waals surface area (Å²) in [6, 6.07) is 36.8. The second-order valence-electron chi connectivity index (χ2n) is 14.6. The van der Waals surface area contributed by atoms with Crippen LogP contribution in [0.2, 0.25) is 0 Å². The van der Waals surface area contributed by atoms with Crippen molar-refractivity contribution in [3.8, 4) is 44.5 Å². The molecule has 0 radical (unpaired) electrons. The van der Waals surface area contributed by atoms with Gasteiger partial charge in [-0.15, -0.1) is 0 Å². The number of amides is 4. The fourth-order valence-electron chi connectivity index (χ4n) is 8.85. The minimum atomic E-state index is 0.103. The van der Waals surface area contributed by atoms with E-state index in [9.17, 15) is 19.2 Å². The van der Waals surface area contributed by atoms with E-state index in [1.165, 1.54) is 0 Å². The van der Waals surface area contributed by atoms with E-state index < -0.39 is 0 Å². The molecule has 0 saturated carbocycles. The molecule has 4 aliphatic heterocycles. The molecule has 0 bridgehead atoms. The van der Waals surface area contributed by atoms with E-state index in [4.69, 9.17) is 0 Å². The summed E-state index contributed by atoms with van der Waals surface area (Å²) in [5.74, 6) is 0.411. The lowest BCUT2D eigenvalue weighted by atomic mass is 9.83. The van der Waals surface area contributed by atoms with Crippen LogP contribution in [0.25, 0.3) is 44.5 Å². The maximum Gasteiger partial charge on any atom is 0.227 e. The van der Waals surface area contributed by atoms with Crippen molar-refractivity contribution in [3.05, 3.63) is 109 Å². The predicted molar refractivity (Wildman–Crippen MR) is 215 cm³/mol. The van der Waals surface area contributed by atoms with Crippen LogP contribution in [0.15, 0.2) is 109 Å². The van der Waals surface area contributed by atoms with Crippen molar-refractivity contribution in [3.63, 3.8) is 0 Å². The highest BCUT2D eigenvalue weighted by molar-refractivity contribution is 6.09. The summed E-state index contributed by atoms with van der Waals surface area (Å²) in [4.78, 5) is 60.9. The second-order valence-corrected chi connectivity index (χ2v) is 14.6. The van der Waals surface area contributed by atoms with Gasteiger partial charge in [-0.3, -0.25) is 19.2 Å². The minimum Gasteiger partial charge on any atom is -0.312 e. The Morgan fingerprint density at radius 1 is 0.296 bits per heavy atom. The normalized spacial score (nSPS) is 17.5. The van der Waals surface area contributed by atoms with Gasteiger partial charge in [0, 0.05) is 74.1 Å². The number of carbonyl (C=O) groups excluding carboxylic acids is 4. The molecule has 54 heavy (non-hydrogen) atoms. The van der Waals surface area contributed by atoms with Gasteiger partial charge in [-0.25, -0.2) is 0 Å². The van der Waals surface area contributed by atoms with Crippen LogP contribution in [-0.4, -0.2) is 49.8 Å². The highest BCUT2D eigenvalue weighted by Gasteiger charge is 2.32. The first-order chi connectivity index (χ1) is 26.5. The van der Waals surface area contributed by atoms with E-state index in [2.05, 4.69) is 36.4 Å². The lowest BCUT2D eigenvalue weighted by Gasteiger charge is -2.28. The molecule has 0 spiro atoms. The molecule has 4 fully saturated rings. The minimum absolute atomic E-state index is 0.103. The van der Waals surface area contributed by atoms with E-state index in [1.807, 2.05) is 92.4 Å². The predicted octanol–water partition coefficient (Wildman–Crippen LogP) is 8.86. The molecule has 4 saturated heterocycles. The third-order valence-electron chi connectivity index (χ3n) is 11.4. The van der Waals surface area contributed by atoms with Crippen LogP contribution < -0.4 is 19.6 Å². The van der Waals surface area contributed by atoms with Gasteiger partial charge in [-0.05, 0) is 84.3 Å². The SMILES string of the molecule is O=C1CCCN1c1ccccc1-c1cc(-c2ccccc2N2CCCC2=O)c(-c2ccccc2N2CCCC2=O)cc1-c1ccccc1N1CCCC1=O. The van der Waals surface area contributed by atoms with Gasteiger partial charge in [0.2, 0.25) is 23.6 Å². The topological polar surface area (TPSA) is 81.2 Å². The summed E-state index contributed by atoms with van der Waals surface area (Å²) in [7, 11) is 0. The number of hydrogen-bond acceptors (Lipinski definition) is 4. The smallest absolute Gasteiger partial charge is 0.227 e. The first-order valence-corrected chi connectivity index (χ1v) is 19.2. The molecule has 5 aromatic rings. The molecular weight excluding hydrogens is 673 g/mol. The molecule has 8 nitrogen and oxygen atoms in total. The first kappa shape index (κ1) is 33.8. The Kier molecular flexibility index (Phi) is 8.81. The van der Waals surface area contributed by atoms with Crippen molar-refractivity contribution < 1.29 is 19.2 Å². The van der Waals surface area contributed by atoms with Crippen molar-refractivity contribution >= 4 is 46.4 Å². The van der Waals surface area contributed by atoms with Crippen LogP contribution >= 0.6 is 0 Å². The zero-order valence-corrected chi connectivity index (χ0v) is 30.3. The molecule has 5 aromatic carbocycles. The third-order valence-corrected chi connectivity index (χ3v) is 11.4. The second kappa shape index (κ2) is 14.1. The quantitative estimate of drug-likeness (QED) is 0.161. The van der Waals surface area contributed by atoms with E-state index in [-0.39, 0.29) is 23.6 Å². The summed E-state index contributed by atoms with van der Waals surface area (Å²) >= 11 is 0.